The van der Waals surface area contributed by atoms with Crippen molar-refractivity contribution in [2.75, 3.05) is 6.86 Å². The third-order valence-electron chi connectivity index (χ3n) is 2.47. The van der Waals surface area contributed by atoms with Crippen molar-refractivity contribution in [2.24, 2.45) is 0 Å². The van der Waals surface area contributed by atoms with Crippen LogP contribution in [0.1, 0.15) is 24.8 Å². The van der Waals surface area contributed by atoms with Crippen LogP contribution in [0.4, 0.5) is 4.39 Å². The van der Waals surface area contributed by atoms with Crippen LogP contribution in [0.25, 0.3) is 5.57 Å². The van der Waals surface area contributed by atoms with Gasteiger partial charge >= 0.3 is 0 Å². The van der Waals surface area contributed by atoms with Gasteiger partial charge in [0.15, 0.2) is 0 Å². The van der Waals surface area contributed by atoms with Crippen LogP contribution < -0.4 is 4.74 Å². The van der Waals surface area contributed by atoms with E-state index in [1.807, 2.05) is 18.2 Å². The molecule has 1 nitrogen and oxygen atoms in total. The van der Waals surface area contributed by atoms with Gasteiger partial charge in [0, 0.05) is 0 Å². The molecule has 1 aliphatic rings. The highest BCUT2D eigenvalue weighted by Crippen LogP contribution is 2.29. The first-order valence-corrected chi connectivity index (χ1v) is 4.88. The van der Waals surface area contributed by atoms with Gasteiger partial charge in [0.25, 0.3) is 0 Å². The summed E-state index contributed by atoms with van der Waals surface area (Å²) in [6.45, 7) is -0.761. The maximum absolute atomic E-state index is 12.0. The second kappa shape index (κ2) is 4.27. The monoisotopic (exact) mass is 192 g/mol. The van der Waals surface area contributed by atoms with Crippen LogP contribution >= 0.6 is 0 Å². The maximum Gasteiger partial charge on any atom is 0.228 e. The lowest BCUT2D eigenvalue weighted by Gasteiger charge is -2.05. The van der Waals surface area contributed by atoms with Gasteiger partial charge in [-0.2, -0.15) is 0 Å². The average molecular weight is 192 g/mol. The van der Waals surface area contributed by atoms with Gasteiger partial charge in [0.1, 0.15) is 5.75 Å². The Bertz CT molecular complexity index is 344. The molecule has 0 atom stereocenters. The summed E-state index contributed by atoms with van der Waals surface area (Å²) < 4.78 is 16.8. The lowest BCUT2D eigenvalue weighted by Crippen LogP contribution is -1.90. The highest BCUT2D eigenvalue weighted by atomic mass is 19.1. The molecule has 0 unspecified atom stereocenters. The molecule has 0 heterocycles. The Morgan fingerprint density at radius 1 is 1.36 bits per heavy atom. The van der Waals surface area contributed by atoms with Crippen LogP contribution in [0.5, 0.6) is 5.75 Å². The third-order valence-corrected chi connectivity index (χ3v) is 2.47. The fraction of sp³-hybridized carbons (Fsp3) is 0.333. The minimum Gasteiger partial charge on any atom is -0.463 e. The summed E-state index contributed by atoms with van der Waals surface area (Å²) in [5.74, 6) is 0.609. The molecule has 74 valence electrons. The minimum absolute atomic E-state index is 0.609. The number of halogens is 1. The summed E-state index contributed by atoms with van der Waals surface area (Å²) in [6, 6.07) is 7.62. The first-order valence-electron chi connectivity index (χ1n) is 4.88. The van der Waals surface area contributed by atoms with Crippen molar-refractivity contribution in [3.05, 3.63) is 35.9 Å². The van der Waals surface area contributed by atoms with Crippen LogP contribution in [-0.2, 0) is 0 Å². The Morgan fingerprint density at radius 3 is 3.00 bits per heavy atom. The molecular formula is C12H13FO. The molecule has 0 spiro atoms. The van der Waals surface area contributed by atoms with Crippen molar-refractivity contribution in [1.29, 1.82) is 0 Å². The number of rotatable bonds is 3. The van der Waals surface area contributed by atoms with E-state index in [9.17, 15) is 4.39 Å². The second-order valence-electron chi connectivity index (χ2n) is 3.40. The Morgan fingerprint density at radius 2 is 2.29 bits per heavy atom. The first-order chi connectivity index (χ1) is 6.90. The van der Waals surface area contributed by atoms with Gasteiger partial charge in [-0.25, -0.2) is 4.39 Å². The molecule has 0 saturated carbocycles. The van der Waals surface area contributed by atoms with Gasteiger partial charge in [0.2, 0.25) is 6.86 Å². The van der Waals surface area contributed by atoms with Crippen LogP contribution in [0, 0.1) is 0 Å². The molecule has 0 radical (unpaired) electrons. The number of hydrogen-bond donors (Lipinski definition) is 0. The molecule has 0 aliphatic heterocycles. The SMILES string of the molecule is FCOc1cccc(C2=CCCC2)c1. The second-order valence-corrected chi connectivity index (χ2v) is 3.40. The zero-order valence-corrected chi connectivity index (χ0v) is 8.00. The topological polar surface area (TPSA) is 9.23 Å². The van der Waals surface area contributed by atoms with Gasteiger partial charge in [-0.1, -0.05) is 18.2 Å². The van der Waals surface area contributed by atoms with Gasteiger partial charge in [-0.15, -0.1) is 0 Å². The molecule has 2 heteroatoms. The van der Waals surface area contributed by atoms with Crippen molar-refractivity contribution in [1.82, 2.24) is 0 Å². The number of benzene rings is 1. The molecule has 0 bridgehead atoms. The van der Waals surface area contributed by atoms with Gasteiger partial charge in [0.05, 0.1) is 0 Å². The maximum atomic E-state index is 12.0. The molecule has 0 saturated heterocycles. The smallest absolute Gasteiger partial charge is 0.228 e. The summed E-state index contributed by atoms with van der Waals surface area (Å²) in [6.07, 6.45) is 5.75. The van der Waals surface area contributed by atoms with Crippen molar-refractivity contribution in [3.63, 3.8) is 0 Å². The van der Waals surface area contributed by atoms with Crippen LogP contribution in [0.3, 0.4) is 0 Å². The molecule has 0 N–H and O–H groups in total. The fourth-order valence-corrected chi connectivity index (χ4v) is 1.78. The zero-order valence-electron chi connectivity index (χ0n) is 8.00. The Kier molecular flexibility index (Phi) is 2.82. The predicted molar refractivity (Wildman–Crippen MR) is 54.9 cm³/mol. The van der Waals surface area contributed by atoms with Crippen LogP contribution in [0.15, 0.2) is 30.3 Å². The van der Waals surface area contributed by atoms with E-state index in [2.05, 4.69) is 6.08 Å². The van der Waals surface area contributed by atoms with Crippen molar-refractivity contribution in [3.8, 4) is 5.75 Å². The lowest BCUT2D eigenvalue weighted by atomic mass is 10.1. The number of ether oxygens (including phenoxy) is 1. The van der Waals surface area contributed by atoms with Crippen LogP contribution in [-0.4, -0.2) is 6.86 Å². The third kappa shape index (κ3) is 1.95. The predicted octanol–water partition coefficient (Wildman–Crippen LogP) is 3.56. The van der Waals surface area contributed by atoms with E-state index in [-0.39, 0.29) is 0 Å². The molecule has 0 amide bonds. The Balaban J connectivity index is 2.21. The highest BCUT2D eigenvalue weighted by Gasteiger charge is 2.07. The van der Waals surface area contributed by atoms with Crippen LogP contribution in [0.2, 0.25) is 0 Å². The lowest BCUT2D eigenvalue weighted by molar-refractivity contribution is 0.191. The Labute approximate surface area is 83.2 Å². The van der Waals surface area contributed by atoms with Crippen molar-refractivity contribution < 1.29 is 9.13 Å². The number of allylic oxidation sites excluding steroid dienone is 2. The molecule has 1 aromatic rings. The molecule has 2 rings (SSSR count). The molecule has 1 aromatic carbocycles. The molecule has 0 aromatic heterocycles. The molecule has 0 fully saturated rings. The number of alkyl halides is 1. The summed E-state index contributed by atoms with van der Waals surface area (Å²) >= 11 is 0. The molecule has 1 aliphatic carbocycles. The average Bonchev–Trinajstić information content (AvgIpc) is 2.71. The molecular weight excluding hydrogens is 179 g/mol. The van der Waals surface area contributed by atoms with E-state index in [0.29, 0.717) is 5.75 Å². The standard InChI is InChI=1S/C12H13FO/c13-9-14-12-7-3-6-11(8-12)10-4-1-2-5-10/h3-4,6-8H,1-2,5,9H2. The quantitative estimate of drug-likeness (QED) is 0.711. The summed E-state index contributed by atoms with van der Waals surface area (Å²) in [7, 11) is 0. The normalized spacial score (nSPS) is 15.4. The zero-order chi connectivity index (χ0) is 9.80. The van der Waals surface area contributed by atoms with E-state index in [1.165, 1.54) is 12.0 Å². The summed E-state index contributed by atoms with van der Waals surface area (Å²) in [4.78, 5) is 0. The largest absolute Gasteiger partial charge is 0.463 e. The van der Waals surface area contributed by atoms with Crippen molar-refractivity contribution >= 4 is 5.57 Å². The first kappa shape index (κ1) is 9.25. The summed E-state index contributed by atoms with van der Waals surface area (Å²) in [5, 5.41) is 0. The summed E-state index contributed by atoms with van der Waals surface area (Å²) in [5.41, 5.74) is 2.52. The van der Waals surface area contributed by atoms with E-state index in [1.54, 1.807) is 6.07 Å². The van der Waals surface area contributed by atoms with E-state index in [0.717, 1.165) is 18.4 Å². The van der Waals surface area contributed by atoms with Gasteiger partial charge in [-0.05, 0) is 42.5 Å². The van der Waals surface area contributed by atoms with E-state index < -0.39 is 6.86 Å². The minimum atomic E-state index is -0.761. The van der Waals surface area contributed by atoms with Gasteiger partial charge in [-0.3, -0.25) is 0 Å². The molecule has 14 heavy (non-hydrogen) atoms. The highest BCUT2D eigenvalue weighted by molar-refractivity contribution is 5.68. The fourth-order valence-electron chi connectivity index (χ4n) is 1.78. The van der Waals surface area contributed by atoms with Gasteiger partial charge < -0.3 is 4.74 Å². The van der Waals surface area contributed by atoms with E-state index in [4.69, 9.17) is 4.74 Å². The Hall–Kier alpha value is -1.31. The van der Waals surface area contributed by atoms with Crippen molar-refractivity contribution in [2.45, 2.75) is 19.3 Å². The number of hydrogen-bond acceptors (Lipinski definition) is 1. The van der Waals surface area contributed by atoms with E-state index >= 15 is 0 Å².